The van der Waals surface area contributed by atoms with Crippen LogP contribution < -0.4 is 9.47 Å². The lowest BCUT2D eigenvalue weighted by atomic mass is 9.53. The SMILES string of the molecule is [2H]c1c([2H])c2c3c(c1OC([2H])([2H])[2H])OC1C(O)C=C[C@H]4[C@H](N(C([2H])([2H])[2H])CC[C@]314)C2([2H])[2H]. The highest BCUT2D eigenvalue weighted by molar-refractivity contribution is 5.62. The van der Waals surface area contributed by atoms with Gasteiger partial charge in [-0.05, 0) is 37.9 Å². The Labute approximate surface area is 144 Å². The van der Waals surface area contributed by atoms with Crippen LogP contribution in [-0.4, -0.2) is 48.8 Å². The Hall–Kier alpha value is -1.52. The van der Waals surface area contributed by atoms with E-state index in [-0.39, 0.29) is 29.8 Å². The van der Waals surface area contributed by atoms with Crippen LogP contribution in [0.1, 0.15) is 31.3 Å². The molecule has 1 aromatic rings. The highest BCUT2D eigenvalue weighted by Gasteiger charge is 2.64. The number of hydrogen-bond donors (Lipinski definition) is 1. The van der Waals surface area contributed by atoms with E-state index in [0.29, 0.717) is 0 Å². The van der Waals surface area contributed by atoms with Crippen LogP contribution in [0.3, 0.4) is 0 Å². The molecule has 4 aliphatic rings. The fourth-order valence-corrected chi connectivity index (χ4v) is 4.59. The standard InChI is InChI=1S/C18H21NO3/c1-19-8-7-18-11-4-5-13(20)17(18)22-16-14(21-2)6-3-10(15(16)18)9-12(11)19/h3-6,11-13,17,20H,7-9H2,1-2H3/t11-,12+,13?,17?,18-/m0/s1/i1D3,2D3,3D,6D,9D2. The van der Waals surface area contributed by atoms with Crippen LogP contribution in [0.25, 0.3) is 0 Å². The zero-order valence-electron chi connectivity index (χ0n) is 21.6. The van der Waals surface area contributed by atoms with E-state index in [4.69, 9.17) is 23.2 Å². The van der Waals surface area contributed by atoms with Crippen molar-refractivity contribution in [2.24, 2.45) is 5.92 Å². The Morgan fingerprint density at radius 3 is 3.36 bits per heavy atom. The number of aliphatic hydroxyl groups excluding tert-OH is 1. The largest absolute Gasteiger partial charge is 0.493 e. The number of piperidine rings is 1. The van der Waals surface area contributed by atoms with Gasteiger partial charge in [-0.15, -0.1) is 0 Å². The predicted molar refractivity (Wildman–Crippen MR) is 82.5 cm³/mol. The lowest BCUT2D eigenvalue weighted by Crippen LogP contribution is -2.64. The molecule has 0 amide bonds. The lowest BCUT2D eigenvalue weighted by Gasteiger charge is -2.56. The van der Waals surface area contributed by atoms with Gasteiger partial charge in [-0.1, -0.05) is 18.2 Å². The van der Waals surface area contributed by atoms with Crippen molar-refractivity contribution in [3.63, 3.8) is 0 Å². The molecule has 1 spiro atoms. The first kappa shape index (κ1) is 6.54. The molecule has 2 unspecified atom stereocenters. The number of likely N-dealkylation sites (N-methyl/N-ethyl adjacent to an activating group) is 1. The van der Waals surface area contributed by atoms with Gasteiger partial charge in [-0.2, -0.15) is 0 Å². The normalized spacial score (nSPS) is 51.1. The van der Waals surface area contributed by atoms with Crippen molar-refractivity contribution in [1.29, 1.82) is 0 Å². The summed E-state index contributed by atoms with van der Waals surface area (Å²) in [5.41, 5.74) is -1.06. The van der Waals surface area contributed by atoms with Gasteiger partial charge < -0.3 is 19.5 Å². The lowest BCUT2D eigenvalue weighted by molar-refractivity contribution is -0.0453. The highest BCUT2D eigenvalue weighted by Crippen LogP contribution is 2.62. The minimum atomic E-state index is -2.95. The second-order valence-corrected chi connectivity index (χ2v) is 6.27. The van der Waals surface area contributed by atoms with E-state index in [9.17, 15) is 5.11 Å². The maximum Gasteiger partial charge on any atom is 0.165 e. The Kier molecular flexibility index (Phi) is 1.21. The minimum absolute atomic E-state index is 0.0120. The van der Waals surface area contributed by atoms with Crippen LogP contribution in [0.15, 0.2) is 24.2 Å². The molecule has 1 saturated heterocycles. The third-order valence-corrected chi connectivity index (χ3v) is 5.46. The average Bonchev–Trinajstić information content (AvgIpc) is 2.97. The third kappa shape index (κ3) is 1.28. The number of nitrogens with zero attached hydrogens (tertiary/aromatic N) is 1. The molecule has 4 heteroatoms. The van der Waals surface area contributed by atoms with E-state index in [1.807, 2.05) is 0 Å². The van der Waals surface area contributed by atoms with Crippen LogP contribution in [0.4, 0.5) is 0 Å². The molecule has 0 radical (unpaired) electrons. The molecule has 0 aromatic heterocycles. The molecule has 2 aliphatic carbocycles. The van der Waals surface area contributed by atoms with Gasteiger partial charge in [-0.25, -0.2) is 0 Å². The first-order valence-electron chi connectivity index (χ1n) is 12.3. The van der Waals surface area contributed by atoms with Crippen LogP contribution in [0.5, 0.6) is 11.5 Å². The van der Waals surface area contributed by atoms with Crippen molar-refractivity contribution in [2.75, 3.05) is 20.6 Å². The maximum atomic E-state index is 10.7. The summed E-state index contributed by atoms with van der Waals surface area (Å²) in [5, 5.41) is 10.7. The summed E-state index contributed by atoms with van der Waals surface area (Å²) < 4.78 is 92.1. The summed E-state index contributed by atoms with van der Waals surface area (Å²) in [7, 11) is -2.95. The summed E-state index contributed by atoms with van der Waals surface area (Å²) in [4.78, 5) is 1.11. The van der Waals surface area contributed by atoms with Crippen molar-refractivity contribution in [2.45, 2.75) is 36.5 Å². The summed E-state index contributed by atoms with van der Waals surface area (Å²) in [6.45, 7) is -2.61. The van der Waals surface area contributed by atoms with E-state index in [0.717, 1.165) is 4.90 Å². The van der Waals surface area contributed by atoms with Gasteiger partial charge in [0, 0.05) is 29.8 Å². The Morgan fingerprint density at radius 1 is 1.55 bits per heavy atom. The van der Waals surface area contributed by atoms with E-state index in [1.54, 1.807) is 6.08 Å². The molecule has 2 heterocycles. The van der Waals surface area contributed by atoms with Crippen LogP contribution in [0, 0.1) is 5.92 Å². The Bertz CT molecular complexity index is 1040. The first-order valence-corrected chi connectivity index (χ1v) is 7.29. The zero-order valence-corrected chi connectivity index (χ0v) is 11.6. The molecule has 22 heavy (non-hydrogen) atoms. The molecule has 2 bridgehead atoms. The van der Waals surface area contributed by atoms with Crippen LogP contribution >= 0.6 is 0 Å². The van der Waals surface area contributed by atoms with E-state index in [2.05, 4.69) is 0 Å². The molecule has 4 nitrogen and oxygen atoms in total. The van der Waals surface area contributed by atoms with Crippen LogP contribution in [-0.2, 0) is 11.8 Å². The molecule has 1 aromatic carbocycles. The van der Waals surface area contributed by atoms with E-state index in [1.165, 1.54) is 6.08 Å². The van der Waals surface area contributed by atoms with Gasteiger partial charge in [-0.3, -0.25) is 0 Å². The van der Waals surface area contributed by atoms with E-state index < -0.39 is 67.8 Å². The minimum Gasteiger partial charge on any atom is -0.493 e. The quantitative estimate of drug-likeness (QED) is 0.798. The molecule has 0 saturated carbocycles. The molecule has 1 N–H and O–H groups in total. The summed E-state index contributed by atoms with van der Waals surface area (Å²) in [5.74, 6) is -1.36. The van der Waals surface area contributed by atoms with Crippen LogP contribution in [0.2, 0.25) is 0 Å². The van der Waals surface area contributed by atoms with E-state index >= 15 is 0 Å². The first-order chi connectivity index (χ1) is 14.6. The van der Waals surface area contributed by atoms with Gasteiger partial charge in [0.2, 0.25) is 0 Å². The number of likely N-dealkylation sites (tertiary alicyclic amines) is 1. The zero-order chi connectivity index (χ0) is 23.6. The van der Waals surface area contributed by atoms with Crippen molar-refractivity contribution in [3.8, 4) is 11.5 Å². The monoisotopic (exact) mass is 309 g/mol. The average molecular weight is 309 g/mol. The van der Waals surface area contributed by atoms with Crippen molar-refractivity contribution in [1.82, 2.24) is 4.90 Å². The number of aliphatic hydroxyl groups is 1. The van der Waals surface area contributed by atoms with Crippen molar-refractivity contribution in [3.05, 3.63) is 35.4 Å². The molecule has 5 atom stereocenters. The maximum absolute atomic E-state index is 10.7. The fraction of sp³-hybridized carbons (Fsp3) is 0.556. The third-order valence-electron chi connectivity index (χ3n) is 5.46. The molecule has 1 fully saturated rings. The van der Waals surface area contributed by atoms with Crippen molar-refractivity contribution < 1.29 is 28.3 Å². The molecule has 5 rings (SSSR count). The molecule has 2 aliphatic heterocycles. The molecule has 116 valence electrons. The van der Waals surface area contributed by atoms with Gasteiger partial charge in [0.25, 0.3) is 0 Å². The number of methoxy groups -OCH3 is 1. The second kappa shape index (κ2) is 4.06. The summed E-state index contributed by atoms with van der Waals surface area (Å²) in [6, 6.07) is -2.43. The number of ether oxygens (including phenoxy) is 2. The van der Waals surface area contributed by atoms with Gasteiger partial charge >= 0.3 is 0 Å². The highest BCUT2D eigenvalue weighted by atomic mass is 16.5. The van der Waals surface area contributed by atoms with Crippen molar-refractivity contribution >= 4 is 0 Å². The number of rotatable bonds is 1. The smallest absolute Gasteiger partial charge is 0.165 e. The number of benzene rings is 1. The Balaban J connectivity index is 1.87. The fourth-order valence-electron chi connectivity index (χ4n) is 4.59. The summed E-state index contributed by atoms with van der Waals surface area (Å²) >= 11 is 0. The molecular weight excluding hydrogens is 278 g/mol. The second-order valence-electron chi connectivity index (χ2n) is 6.27. The topological polar surface area (TPSA) is 41.9 Å². The summed E-state index contributed by atoms with van der Waals surface area (Å²) in [6.07, 6.45) is -1.24. The number of hydrogen-bond acceptors (Lipinski definition) is 4. The molecular formula is C18H21NO3. The van der Waals surface area contributed by atoms with Gasteiger partial charge in [0.15, 0.2) is 11.5 Å². The van der Waals surface area contributed by atoms with Gasteiger partial charge in [0.05, 0.1) is 13.9 Å². The predicted octanol–water partition coefficient (Wildman–Crippen LogP) is 1.50. The van der Waals surface area contributed by atoms with Gasteiger partial charge in [0.1, 0.15) is 12.2 Å². The Morgan fingerprint density at radius 2 is 2.50 bits per heavy atom.